The van der Waals surface area contributed by atoms with Gasteiger partial charge in [0.25, 0.3) is 0 Å². The number of benzene rings is 1. The number of ketones is 1. The molecule has 1 aliphatic rings. The number of aliphatic hydroxyl groups is 1. The molecule has 1 aromatic carbocycles. The summed E-state index contributed by atoms with van der Waals surface area (Å²) < 4.78 is 4.87. The molecule has 0 unspecified atom stereocenters. The molecule has 7 nitrogen and oxygen atoms in total. The lowest BCUT2D eigenvalue weighted by atomic mass is 9.96. The number of nitrogens with one attached hydrogen (secondary N) is 1. The van der Waals surface area contributed by atoms with E-state index in [4.69, 9.17) is 4.74 Å². The van der Waals surface area contributed by atoms with Crippen molar-refractivity contribution in [1.29, 1.82) is 10.5 Å². The molecule has 8 heteroatoms. The van der Waals surface area contributed by atoms with Gasteiger partial charge >= 0.3 is 5.97 Å². The van der Waals surface area contributed by atoms with Gasteiger partial charge in [0.2, 0.25) is 0 Å². The maximum absolute atomic E-state index is 13.0. The van der Waals surface area contributed by atoms with Crippen molar-refractivity contribution < 1.29 is 19.4 Å². The van der Waals surface area contributed by atoms with Gasteiger partial charge in [0.15, 0.2) is 17.1 Å². The summed E-state index contributed by atoms with van der Waals surface area (Å²) >= 11 is 1.38. The number of nitrogens with zero attached hydrogens (tertiary/aromatic N) is 2. The molecule has 0 radical (unpaired) electrons. The van der Waals surface area contributed by atoms with Crippen molar-refractivity contribution in [3.05, 3.63) is 74.5 Å². The van der Waals surface area contributed by atoms with Crippen LogP contribution in [0.3, 0.4) is 0 Å². The number of anilines is 1. The second-order valence-corrected chi connectivity index (χ2v) is 8.79. The minimum Gasteiger partial charge on any atom is -0.504 e. The number of hydrogen-bond donors (Lipinski definition) is 2. The standard InChI is InChI=1S/C26H25N3O4S/c1-3-16-9-11-17(12-10-16)22(30)13-21(24(31)20(15-28)26(32)33-4-2)29-25-19(14-27)18-7-5-6-8-23(18)34-25/h9-13,29,31H,3-8H2,1-2H3. The third-order valence-corrected chi connectivity index (χ3v) is 6.74. The number of carbonyl (C=O) groups is 2. The Kier molecular flexibility index (Phi) is 8.24. The van der Waals surface area contributed by atoms with Crippen LogP contribution in [0.25, 0.3) is 0 Å². The number of esters is 1. The zero-order valence-electron chi connectivity index (χ0n) is 19.1. The number of ether oxygens (including phenoxy) is 1. The minimum atomic E-state index is -0.999. The predicted octanol–water partition coefficient (Wildman–Crippen LogP) is 5.14. The Bertz CT molecular complexity index is 1240. The number of aliphatic hydroxyl groups excluding tert-OH is 1. The number of nitriles is 2. The molecule has 2 aromatic rings. The summed E-state index contributed by atoms with van der Waals surface area (Å²) in [5.74, 6) is -2.15. The van der Waals surface area contributed by atoms with Crippen LogP contribution in [0, 0.1) is 22.7 Å². The van der Waals surface area contributed by atoms with E-state index in [9.17, 15) is 25.2 Å². The summed E-state index contributed by atoms with van der Waals surface area (Å²) in [5, 5.41) is 33.5. The molecule has 34 heavy (non-hydrogen) atoms. The van der Waals surface area contributed by atoms with Crippen LogP contribution in [0.1, 0.15) is 58.6 Å². The normalized spacial score (nSPS) is 13.7. The van der Waals surface area contributed by atoms with Gasteiger partial charge in [-0.2, -0.15) is 10.5 Å². The van der Waals surface area contributed by atoms with Gasteiger partial charge in [-0.05, 0) is 50.2 Å². The summed E-state index contributed by atoms with van der Waals surface area (Å²) in [5.41, 5.74) is 2.09. The average Bonchev–Trinajstić information content (AvgIpc) is 3.21. The fraction of sp³-hybridized carbons (Fsp3) is 0.308. The van der Waals surface area contributed by atoms with E-state index in [0.29, 0.717) is 16.1 Å². The summed E-state index contributed by atoms with van der Waals surface area (Å²) in [6.45, 7) is 3.61. The summed E-state index contributed by atoms with van der Waals surface area (Å²) in [7, 11) is 0. The van der Waals surface area contributed by atoms with Gasteiger partial charge in [-0.25, -0.2) is 4.79 Å². The molecule has 174 valence electrons. The Labute approximate surface area is 202 Å². The first-order chi connectivity index (χ1) is 16.4. The Morgan fingerprint density at radius 1 is 1.18 bits per heavy atom. The van der Waals surface area contributed by atoms with Gasteiger partial charge in [-0.15, -0.1) is 11.3 Å². The molecule has 0 fully saturated rings. The number of thiophene rings is 1. The van der Waals surface area contributed by atoms with Crippen LogP contribution in [0.2, 0.25) is 0 Å². The summed E-state index contributed by atoms with van der Waals surface area (Å²) in [4.78, 5) is 26.3. The highest BCUT2D eigenvalue weighted by atomic mass is 32.1. The smallest absolute Gasteiger partial charge is 0.352 e. The molecule has 0 bridgehead atoms. The van der Waals surface area contributed by atoms with Gasteiger partial charge in [0.1, 0.15) is 17.1 Å². The SMILES string of the molecule is CCOC(=O)C(C#N)=C(O)C(=CC(=O)c1ccc(CC)cc1)Nc1sc2c(c1C#N)CCCC2. The third kappa shape index (κ3) is 5.36. The second-order valence-electron chi connectivity index (χ2n) is 7.68. The van der Waals surface area contributed by atoms with Gasteiger partial charge in [-0.1, -0.05) is 31.2 Å². The molecule has 3 rings (SSSR count). The van der Waals surface area contributed by atoms with Crippen LogP contribution in [0.5, 0.6) is 0 Å². The first kappa shape index (κ1) is 24.8. The molecule has 1 aromatic heterocycles. The van der Waals surface area contributed by atoms with E-state index in [2.05, 4.69) is 11.4 Å². The van der Waals surface area contributed by atoms with E-state index in [1.165, 1.54) is 11.3 Å². The van der Waals surface area contributed by atoms with Crippen molar-refractivity contribution in [2.75, 3.05) is 11.9 Å². The lowest BCUT2D eigenvalue weighted by Gasteiger charge is -2.12. The monoisotopic (exact) mass is 475 g/mol. The lowest BCUT2D eigenvalue weighted by molar-refractivity contribution is -0.138. The van der Waals surface area contributed by atoms with E-state index >= 15 is 0 Å². The molecular formula is C26H25N3O4S. The van der Waals surface area contributed by atoms with Gasteiger partial charge in [0.05, 0.1) is 17.9 Å². The number of fused-ring (bicyclic) bond motifs is 1. The van der Waals surface area contributed by atoms with E-state index in [-0.39, 0.29) is 12.3 Å². The maximum atomic E-state index is 13.0. The molecule has 0 amide bonds. The van der Waals surface area contributed by atoms with E-state index in [0.717, 1.165) is 54.2 Å². The first-order valence-corrected chi connectivity index (χ1v) is 11.9. The van der Waals surface area contributed by atoms with Crippen molar-refractivity contribution >= 4 is 28.1 Å². The Morgan fingerprint density at radius 2 is 1.88 bits per heavy atom. The topological polar surface area (TPSA) is 123 Å². The summed E-state index contributed by atoms with van der Waals surface area (Å²) in [6.07, 6.45) is 5.61. The van der Waals surface area contributed by atoms with Crippen molar-refractivity contribution in [2.24, 2.45) is 0 Å². The highest BCUT2D eigenvalue weighted by Crippen LogP contribution is 2.38. The molecule has 0 saturated carbocycles. The Balaban J connectivity index is 2.09. The zero-order valence-corrected chi connectivity index (χ0v) is 19.9. The molecule has 1 aliphatic carbocycles. The second kappa shape index (κ2) is 11.3. The van der Waals surface area contributed by atoms with Crippen LogP contribution in [-0.2, 0) is 28.8 Å². The Hall–Kier alpha value is -3.88. The van der Waals surface area contributed by atoms with Crippen molar-refractivity contribution in [2.45, 2.75) is 46.0 Å². The Morgan fingerprint density at radius 3 is 2.50 bits per heavy atom. The number of hydrogen-bond acceptors (Lipinski definition) is 8. The molecular weight excluding hydrogens is 450 g/mol. The lowest BCUT2D eigenvalue weighted by Crippen LogP contribution is -2.14. The first-order valence-electron chi connectivity index (χ1n) is 11.1. The number of carbonyl (C=O) groups excluding carboxylic acids is 2. The minimum absolute atomic E-state index is 0.0166. The fourth-order valence-electron chi connectivity index (χ4n) is 3.71. The molecule has 0 spiro atoms. The number of aryl methyl sites for hydroxylation is 2. The van der Waals surface area contributed by atoms with Crippen LogP contribution in [0.15, 0.2) is 47.4 Å². The average molecular weight is 476 g/mol. The number of rotatable bonds is 8. The van der Waals surface area contributed by atoms with Gasteiger partial charge in [-0.3, -0.25) is 4.79 Å². The largest absolute Gasteiger partial charge is 0.504 e. The summed E-state index contributed by atoms with van der Waals surface area (Å²) in [6, 6.07) is 10.9. The van der Waals surface area contributed by atoms with Crippen LogP contribution >= 0.6 is 11.3 Å². The molecule has 1 heterocycles. The maximum Gasteiger partial charge on any atom is 0.352 e. The van der Waals surface area contributed by atoms with E-state index in [1.807, 2.05) is 19.1 Å². The van der Waals surface area contributed by atoms with E-state index < -0.39 is 23.1 Å². The van der Waals surface area contributed by atoms with E-state index in [1.54, 1.807) is 25.1 Å². The van der Waals surface area contributed by atoms with Gasteiger partial charge in [0, 0.05) is 16.5 Å². The highest BCUT2D eigenvalue weighted by molar-refractivity contribution is 7.16. The molecule has 2 N–H and O–H groups in total. The molecule has 0 saturated heterocycles. The number of allylic oxidation sites excluding steroid dienone is 1. The predicted molar refractivity (Wildman–Crippen MR) is 129 cm³/mol. The van der Waals surface area contributed by atoms with Crippen LogP contribution in [-0.4, -0.2) is 23.5 Å². The molecule has 0 atom stereocenters. The fourth-order valence-corrected chi connectivity index (χ4v) is 4.96. The van der Waals surface area contributed by atoms with Crippen LogP contribution in [0.4, 0.5) is 5.00 Å². The highest BCUT2D eigenvalue weighted by Gasteiger charge is 2.25. The van der Waals surface area contributed by atoms with Crippen molar-refractivity contribution in [1.82, 2.24) is 0 Å². The van der Waals surface area contributed by atoms with Crippen molar-refractivity contribution in [3.63, 3.8) is 0 Å². The van der Waals surface area contributed by atoms with Crippen LogP contribution < -0.4 is 5.32 Å². The quantitative estimate of drug-likeness (QED) is 0.135. The zero-order chi connectivity index (χ0) is 24.7. The third-order valence-electron chi connectivity index (χ3n) is 5.54. The van der Waals surface area contributed by atoms with Gasteiger partial charge < -0.3 is 15.2 Å². The van der Waals surface area contributed by atoms with Crippen molar-refractivity contribution in [3.8, 4) is 12.1 Å². The molecule has 0 aliphatic heterocycles.